The maximum Gasteiger partial charge on any atom is 0.0840 e. The van der Waals surface area contributed by atoms with Gasteiger partial charge in [-0.1, -0.05) is 49.7 Å². The minimum atomic E-state index is -0.800. The average Bonchev–Trinajstić information content (AvgIpc) is 2.38. The van der Waals surface area contributed by atoms with Gasteiger partial charge in [-0.2, -0.15) is 0 Å². The van der Waals surface area contributed by atoms with E-state index < -0.39 is 5.60 Å². The van der Waals surface area contributed by atoms with Gasteiger partial charge in [-0.15, -0.1) is 0 Å². The number of hydrogen-bond donors (Lipinski definition) is 1. The Balaban J connectivity index is 2.41. The van der Waals surface area contributed by atoms with Gasteiger partial charge in [0.15, 0.2) is 0 Å². The molecule has 0 radical (unpaired) electrons. The van der Waals surface area contributed by atoms with Gasteiger partial charge in [0.2, 0.25) is 0 Å². The monoisotopic (exact) mass is 268 g/mol. The second kappa shape index (κ2) is 5.80. The fourth-order valence-electron chi connectivity index (χ4n) is 2.56. The molecule has 2 rings (SSSR count). The third-order valence-corrected chi connectivity index (χ3v) is 3.71. The summed E-state index contributed by atoms with van der Waals surface area (Å²) in [5.74, 6) is 0. The molecule has 106 valence electrons. The van der Waals surface area contributed by atoms with Gasteiger partial charge >= 0.3 is 0 Å². The Labute approximate surface area is 122 Å². The Morgan fingerprint density at radius 3 is 2.40 bits per heavy atom. The van der Waals surface area contributed by atoms with Crippen molar-refractivity contribution in [1.82, 2.24) is 0 Å². The summed E-state index contributed by atoms with van der Waals surface area (Å²) in [4.78, 5) is 0. The van der Waals surface area contributed by atoms with Crippen LogP contribution in [0.5, 0.6) is 0 Å². The predicted molar refractivity (Wildman–Crippen MR) is 85.9 cm³/mol. The van der Waals surface area contributed by atoms with E-state index in [0.717, 1.165) is 12.0 Å². The van der Waals surface area contributed by atoms with E-state index in [4.69, 9.17) is 0 Å². The fraction of sp³-hybridized carbons (Fsp3) is 0.368. The molecule has 0 saturated carbocycles. The van der Waals surface area contributed by atoms with Crippen LogP contribution < -0.4 is 0 Å². The van der Waals surface area contributed by atoms with Gasteiger partial charge in [0.05, 0.1) is 5.60 Å². The molecule has 0 unspecified atom stereocenters. The van der Waals surface area contributed by atoms with Crippen molar-refractivity contribution in [3.8, 4) is 11.1 Å². The molecule has 1 heteroatoms. The van der Waals surface area contributed by atoms with Gasteiger partial charge in [-0.3, -0.25) is 0 Å². The van der Waals surface area contributed by atoms with Gasteiger partial charge in [0, 0.05) is 0 Å². The third-order valence-electron chi connectivity index (χ3n) is 3.71. The fourth-order valence-corrected chi connectivity index (χ4v) is 2.56. The highest BCUT2D eigenvalue weighted by atomic mass is 16.3. The van der Waals surface area contributed by atoms with Crippen molar-refractivity contribution in [3.05, 3.63) is 59.2 Å². The average molecular weight is 268 g/mol. The smallest absolute Gasteiger partial charge is 0.0840 e. The summed E-state index contributed by atoms with van der Waals surface area (Å²) in [6.45, 7) is 8.01. The van der Waals surface area contributed by atoms with Crippen molar-refractivity contribution in [3.63, 3.8) is 0 Å². The van der Waals surface area contributed by atoms with Gasteiger partial charge in [-0.25, -0.2) is 0 Å². The van der Waals surface area contributed by atoms with Crippen molar-refractivity contribution in [1.29, 1.82) is 0 Å². The Morgan fingerprint density at radius 1 is 1.05 bits per heavy atom. The second-order valence-electron chi connectivity index (χ2n) is 6.04. The van der Waals surface area contributed by atoms with Crippen LogP contribution in [0.25, 0.3) is 11.1 Å². The maximum atomic E-state index is 10.1. The number of rotatable bonds is 4. The lowest BCUT2D eigenvalue weighted by atomic mass is 9.92. The van der Waals surface area contributed by atoms with E-state index in [1.54, 1.807) is 0 Å². The Hall–Kier alpha value is -1.60. The molecule has 1 nitrogen and oxygen atoms in total. The number of aliphatic hydroxyl groups is 1. The molecule has 0 amide bonds. The molecule has 0 saturated heterocycles. The van der Waals surface area contributed by atoms with Crippen molar-refractivity contribution < 1.29 is 5.11 Å². The van der Waals surface area contributed by atoms with Gasteiger partial charge in [0.1, 0.15) is 0 Å². The molecule has 1 N–H and O–H groups in total. The first kappa shape index (κ1) is 14.8. The number of aryl methyl sites for hydroxylation is 2. The highest BCUT2D eigenvalue weighted by Gasteiger charge is 2.16. The first-order valence-corrected chi connectivity index (χ1v) is 7.34. The predicted octanol–water partition coefficient (Wildman–Crippen LogP) is 4.84. The van der Waals surface area contributed by atoms with Crippen molar-refractivity contribution in [2.45, 2.75) is 46.1 Å². The number of hydrogen-bond acceptors (Lipinski definition) is 1. The van der Waals surface area contributed by atoms with Crippen LogP contribution in [0.15, 0.2) is 42.5 Å². The normalized spacial score (nSPS) is 11.7. The van der Waals surface area contributed by atoms with E-state index in [-0.39, 0.29) is 0 Å². The van der Waals surface area contributed by atoms with Gasteiger partial charge < -0.3 is 5.11 Å². The molecule has 20 heavy (non-hydrogen) atoms. The summed E-state index contributed by atoms with van der Waals surface area (Å²) < 4.78 is 0. The molecular weight excluding hydrogens is 244 g/mol. The van der Waals surface area contributed by atoms with Crippen molar-refractivity contribution >= 4 is 0 Å². The summed E-state index contributed by atoms with van der Waals surface area (Å²) >= 11 is 0. The van der Waals surface area contributed by atoms with E-state index in [1.165, 1.54) is 28.7 Å². The van der Waals surface area contributed by atoms with Crippen LogP contribution in [-0.2, 0) is 12.0 Å². The van der Waals surface area contributed by atoms with Crippen LogP contribution >= 0.6 is 0 Å². The Kier molecular flexibility index (Phi) is 4.29. The molecule has 0 aliphatic heterocycles. The van der Waals surface area contributed by atoms with Crippen molar-refractivity contribution in [2.24, 2.45) is 0 Å². The molecule has 0 aromatic heterocycles. The molecule has 0 spiro atoms. The molecule has 2 aromatic carbocycles. The molecular formula is C19H24O. The van der Waals surface area contributed by atoms with E-state index >= 15 is 0 Å². The van der Waals surface area contributed by atoms with E-state index in [0.29, 0.717) is 0 Å². The van der Waals surface area contributed by atoms with Crippen LogP contribution in [0.4, 0.5) is 0 Å². The molecule has 0 fully saturated rings. The van der Waals surface area contributed by atoms with Crippen LogP contribution in [0.2, 0.25) is 0 Å². The second-order valence-corrected chi connectivity index (χ2v) is 6.04. The lowest BCUT2D eigenvalue weighted by Gasteiger charge is -2.19. The molecule has 0 bridgehead atoms. The first-order valence-electron chi connectivity index (χ1n) is 7.34. The molecule has 0 aliphatic rings. The molecule has 0 heterocycles. The zero-order chi connectivity index (χ0) is 14.8. The van der Waals surface area contributed by atoms with Crippen LogP contribution in [-0.4, -0.2) is 5.11 Å². The summed E-state index contributed by atoms with van der Waals surface area (Å²) in [7, 11) is 0. The van der Waals surface area contributed by atoms with Crippen molar-refractivity contribution in [2.75, 3.05) is 0 Å². The Bertz CT molecular complexity index is 591. The summed E-state index contributed by atoms with van der Waals surface area (Å²) in [6.07, 6.45) is 2.30. The minimum absolute atomic E-state index is 0.800. The van der Waals surface area contributed by atoms with Crippen LogP contribution in [0, 0.1) is 6.92 Å². The highest BCUT2D eigenvalue weighted by molar-refractivity contribution is 5.68. The van der Waals surface area contributed by atoms with Gasteiger partial charge in [0.25, 0.3) is 0 Å². The quantitative estimate of drug-likeness (QED) is 0.841. The molecule has 0 aliphatic carbocycles. The minimum Gasteiger partial charge on any atom is -0.386 e. The zero-order valence-electron chi connectivity index (χ0n) is 12.9. The number of benzene rings is 2. The third kappa shape index (κ3) is 3.29. The standard InChI is InChI=1S/C19H24O/c1-5-7-15-10-11-18(14(2)12-15)16-8-6-9-17(13-16)19(3,4)20/h6,8-13,20H,5,7H2,1-4H3. The van der Waals surface area contributed by atoms with E-state index in [9.17, 15) is 5.11 Å². The SMILES string of the molecule is CCCc1ccc(-c2cccc(C(C)(C)O)c2)c(C)c1. The summed E-state index contributed by atoms with van der Waals surface area (Å²) in [5, 5.41) is 10.1. The molecule has 0 atom stereocenters. The van der Waals surface area contributed by atoms with Crippen LogP contribution in [0.3, 0.4) is 0 Å². The molecule has 2 aromatic rings. The van der Waals surface area contributed by atoms with E-state index in [1.807, 2.05) is 26.0 Å². The lowest BCUT2D eigenvalue weighted by Crippen LogP contribution is -2.15. The highest BCUT2D eigenvalue weighted by Crippen LogP contribution is 2.28. The maximum absolute atomic E-state index is 10.1. The zero-order valence-corrected chi connectivity index (χ0v) is 12.9. The summed E-state index contributed by atoms with van der Waals surface area (Å²) in [6, 6.07) is 14.9. The van der Waals surface area contributed by atoms with Gasteiger partial charge in [-0.05, 0) is 61.1 Å². The topological polar surface area (TPSA) is 20.2 Å². The lowest BCUT2D eigenvalue weighted by molar-refractivity contribution is 0.0786. The largest absolute Gasteiger partial charge is 0.386 e. The van der Waals surface area contributed by atoms with Crippen LogP contribution in [0.1, 0.15) is 43.9 Å². The summed E-state index contributed by atoms with van der Waals surface area (Å²) in [5.41, 5.74) is 5.26. The Morgan fingerprint density at radius 2 is 1.80 bits per heavy atom. The van der Waals surface area contributed by atoms with E-state index in [2.05, 4.69) is 44.2 Å². The first-order chi connectivity index (χ1) is 9.41.